The van der Waals surface area contributed by atoms with Gasteiger partial charge in [0.2, 0.25) is 0 Å². The zero-order chi connectivity index (χ0) is 12.4. The molecule has 0 aromatic heterocycles. The molecule has 1 aromatic carbocycles. The van der Waals surface area contributed by atoms with E-state index in [1.54, 1.807) is 19.2 Å². The van der Waals surface area contributed by atoms with Gasteiger partial charge in [-0.25, -0.2) is 0 Å². The van der Waals surface area contributed by atoms with E-state index in [9.17, 15) is 4.79 Å². The van der Waals surface area contributed by atoms with Crippen molar-refractivity contribution < 1.29 is 4.79 Å². The predicted octanol–water partition coefficient (Wildman–Crippen LogP) is 2.77. The van der Waals surface area contributed by atoms with Crippen molar-refractivity contribution in [2.45, 2.75) is 13.3 Å². The van der Waals surface area contributed by atoms with Gasteiger partial charge in [-0.05, 0) is 36.5 Å². The van der Waals surface area contributed by atoms with Crippen LogP contribution in [0.3, 0.4) is 0 Å². The van der Waals surface area contributed by atoms with Crippen LogP contribution in [0.1, 0.15) is 23.7 Å². The van der Waals surface area contributed by atoms with Gasteiger partial charge in [-0.3, -0.25) is 4.79 Å². The van der Waals surface area contributed by atoms with Crippen LogP contribution in [0, 0.1) is 11.8 Å². The molecule has 0 spiro atoms. The van der Waals surface area contributed by atoms with Gasteiger partial charge in [0.1, 0.15) is 0 Å². The van der Waals surface area contributed by atoms with Crippen LogP contribution in [0.15, 0.2) is 18.2 Å². The van der Waals surface area contributed by atoms with Gasteiger partial charge in [0.15, 0.2) is 0 Å². The lowest BCUT2D eigenvalue weighted by Crippen LogP contribution is -2.26. The molecule has 2 atom stereocenters. The molecule has 1 aliphatic carbocycles. The lowest BCUT2D eigenvalue weighted by molar-refractivity contribution is 0.0952. The first-order valence-electron chi connectivity index (χ1n) is 5.87. The highest BCUT2D eigenvalue weighted by atomic mass is 35.5. The zero-order valence-electron chi connectivity index (χ0n) is 10.1. The molecule has 0 bridgehead atoms. The fourth-order valence-electron chi connectivity index (χ4n) is 1.92. The predicted molar refractivity (Wildman–Crippen MR) is 70.6 cm³/mol. The van der Waals surface area contributed by atoms with E-state index in [1.165, 1.54) is 6.42 Å². The van der Waals surface area contributed by atoms with Crippen LogP contribution in [0.25, 0.3) is 0 Å². The number of carbonyl (C=O) groups is 1. The number of anilines is 1. The SMILES string of the molecule is CNc1ccc(Cl)cc1C(=O)NCC1CC1C. The van der Waals surface area contributed by atoms with Crippen molar-refractivity contribution in [3.63, 3.8) is 0 Å². The Bertz CT molecular complexity index is 433. The minimum atomic E-state index is -0.0593. The van der Waals surface area contributed by atoms with Gasteiger partial charge in [0, 0.05) is 24.3 Å². The van der Waals surface area contributed by atoms with Gasteiger partial charge in [0.25, 0.3) is 5.91 Å². The molecule has 1 aromatic rings. The molecular formula is C13H17ClN2O. The Hall–Kier alpha value is -1.22. The first kappa shape index (κ1) is 12.2. The Morgan fingerprint density at radius 3 is 2.82 bits per heavy atom. The van der Waals surface area contributed by atoms with E-state index in [-0.39, 0.29) is 5.91 Å². The maximum absolute atomic E-state index is 12.0. The molecule has 92 valence electrons. The van der Waals surface area contributed by atoms with Crippen LogP contribution in [0.4, 0.5) is 5.69 Å². The van der Waals surface area contributed by atoms with Gasteiger partial charge in [-0.15, -0.1) is 0 Å². The molecule has 0 radical (unpaired) electrons. The van der Waals surface area contributed by atoms with Crippen LogP contribution in [-0.4, -0.2) is 19.5 Å². The second-order valence-electron chi connectivity index (χ2n) is 4.62. The number of amides is 1. The number of hydrogen-bond acceptors (Lipinski definition) is 2. The molecule has 1 fully saturated rings. The summed E-state index contributed by atoms with van der Waals surface area (Å²) in [5.74, 6) is 1.34. The maximum Gasteiger partial charge on any atom is 0.253 e. The fraction of sp³-hybridized carbons (Fsp3) is 0.462. The number of nitrogens with one attached hydrogen (secondary N) is 2. The quantitative estimate of drug-likeness (QED) is 0.865. The Labute approximate surface area is 107 Å². The zero-order valence-corrected chi connectivity index (χ0v) is 10.8. The second-order valence-corrected chi connectivity index (χ2v) is 5.06. The van der Waals surface area contributed by atoms with Crippen LogP contribution in [0.5, 0.6) is 0 Å². The summed E-state index contributed by atoms with van der Waals surface area (Å²) in [6, 6.07) is 5.28. The average molecular weight is 253 g/mol. The third-order valence-corrected chi connectivity index (χ3v) is 3.53. The highest BCUT2D eigenvalue weighted by Crippen LogP contribution is 2.36. The molecular weight excluding hydrogens is 236 g/mol. The molecule has 0 aliphatic heterocycles. The Morgan fingerprint density at radius 2 is 2.24 bits per heavy atom. The van der Waals surface area contributed by atoms with Gasteiger partial charge >= 0.3 is 0 Å². The van der Waals surface area contributed by atoms with Crippen molar-refractivity contribution >= 4 is 23.2 Å². The standard InChI is InChI=1S/C13H17ClN2O/c1-8-5-9(8)7-16-13(17)11-6-10(14)3-4-12(11)15-2/h3-4,6,8-9,15H,5,7H2,1-2H3,(H,16,17). The first-order chi connectivity index (χ1) is 8.11. The van der Waals surface area contributed by atoms with E-state index in [0.29, 0.717) is 16.5 Å². The molecule has 17 heavy (non-hydrogen) atoms. The number of rotatable bonds is 4. The maximum atomic E-state index is 12.0. The van der Waals surface area contributed by atoms with Crippen molar-refractivity contribution in [2.24, 2.45) is 11.8 Å². The number of hydrogen-bond donors (Lipinski definition) is 2. The summed E-state index contributed by atoms with van der Waals surface area (Å²) in [4.78, 5) is 12.0. The van der Waals surface area contributed by atoms with Crippen LogP contribution in [-0.2, 0) is 0 Å². The lowest BCUT2D eigenvalue weighted by atomic mass is 10.1. The molecule has 1 aliphatic rings. The molecule has 2 N–H and O–H groups in total. The molecule has 2 unspecified atom stereocenters. The highest BCUT2D eigenvalue weighted by molar-refractivity contribution is 6.31. The van der Waals surface area contributed by atoms with Crippen molar-refractivity contribution in [1.29, 1.82) is 0 Å². The van der Waals surface area contributed by atoms with Gasteiger partial charge in [0.05, 0.1) is 5.56 Å². The van der Waals surface area contributed by atoms with Crippen LogP contribution in [0.2, 0.25) is 5.02 Å². The van der Waals surface area contributed by atoms with Gasteiger partial charge < -0.3 is 10.6 Å². The Kier molecular flexibility index (Phi) is 3.57. The summed E-state index contributed by atoms with van der Waals surface area (Å²) in [6.45, 7) is 2.96. The topological polar surface area (TPSA) is 41.1 Å². The third kappa shape index (κ3) is 2.91. The normalized spacial score (nSPS) is 22.1. The second kappa shape index (κ2) is 4.96. The fourth-order valence-corrected chi connectivity index (χ4v) is 2.10. The molecule has 3 nitrogen and oxygen atoms in total. The summed E-state index contributed by atoms with van der Waals surface area (Å²) in [7, 11) is 1.79. The van der Waals surface area contributed by atoms with Crippen LogP contribution < -0.4 is 10.6 Å². The first-order valence-corrected chi connectivity index (χ1v) is 6.25. The average Bonchev–Trinajstić information content (AvgIpc) is 3.02. The monoisotopic (exact) mass is 252 g/mol. The number of carbonyl (C=O) groups excluding carboxylic acids is 1. The summed E-state index contributed by atoms with van der Waals surface area (Å²) in [6.07, 6.45) is 1.22. The van der Waals surface area contributed by atoms with Crippen molar-refractivity contribution in [1.82, 2.24) is 5.32 Å². The van der Waals surface area contributed by atoms with E-state index < -0.39 is 0 Å². The Balaban J connectivity index is 2.04. The number of halogens is 1. The lowest BCUT2D eigenvalue weighted by Gasteiger charge is -2.10. The van der Waals surface area contributed by atoms with Crippen molar-refractivity contribution in [3.8, 4) is 0 Å². The van der Waals surface area contributed by atoms with E-state index in [4.69, 9.17) is 11.6 Å². The van der Waals surface area contributed by atoms with Gasteiger partial charge in [-0.2, -0.15) is 0 Å². The Morgan fingerprint density at radius 1 is 1.53 bits per heavy atom. The minimum Gasteiger partial charge on any atom is -0.387 e. The molecule has 1 amide bonds. The molecule has 0 heterocycles. The van der Waals surface area contributed by atoms with E-state index >= 15 is 0 Å². The third-order valence-electron chi connectivity index (χ3n) is 3.30. The molecule has 0 saturated heterocycles. The number of benzene rings is 1. The summed E-state index contributed by atoms with van der Waals surface area (Å²) in [5.41, 5.74) is 1.41. The van der Waals surface area contributed by atoms with E-state index in [2.05, 4.69) is 17.6 Å². The van der Waals surface area contributed by atoms with E-state index in [0.717, 1.165) is 18.2 Å². The summed E-state index contributed by atoms with van der Waals surface area (Å²) < 4.78 is 0. The van der Waals surface area contributed by atoms with E-state index in [1.807, 2.05) is 6.07 Å². The molecule has 4 heteroatoms. The largest absolute Gasteiger partial charge is 0.387 e. The van der Waals surface area contributed by atoms with Crippen LogP contribution >= 0.6 is 11.6 Å². The van der Waals surface area contributed by atoms with Crippen molar-refractivity contribution in [3.05, 3.63) is 28.8 Å². The van der Waals surface area contributed by atoms with Gasteiger partial charge in [-0.1, -0.05) is 18.5 Å². The minimum absolute atomic E-state index is 0.0593. The summed E-state index contributed by atoms with van der Waals surface area (Å²) in [5, 5.41) is 6.53. The highest BCUT2D eigenvalue weighted by Gasteiger charge is 2.32. The molecule has 2 rings (SSSR count). The smallest absolute Gasteiger partial charge is 0.253 e. The summed E-state index contributed by atoms with van der Waals surface area (Å²) >= 11 is 5.91. The molecule has 1 saturated carbocycles. The van der Waals surface area contributed by atoms with Crippen molar-refractivity contribution in [2.75, 3.05) is 18.9 Å².